The van der Waals surface area contributed by atoms with E-state index in [0.717, 1.165) is 18.6 Å². The van der Waals surface area contributed by atoms with Crippen molar-refractivity contribution in [3.8, 4) is 5.75 Å². The number of phenols is 1. The van der Waals surface area contributed by atoms with Crippen molar-refractivity contribution in [2.75, 3.05) is 0 Å². The first kappa shape index (κ1) is 13.8. The van der Waals surface area contributed by atoms with Gasteiger partial charge >= 0.3 is 0 Å². The zero-order chi connectivity index (χ0) is 14.0. The molecule has 1 aliphatic carbocycles. The SMILES string of the molecule is CC[C@@H](NC(=O)c1ccc(F)c(O)c1)C1CC(O)C1. The van der Waals surface area contributed by atoms with Crippen LogP contribution in [0.3, 0.4) is 0 Å². The van der Waals surface area contributed by atoms with E-state index in [2.05, 4.69) is 5.32 Å². The topological polar surface area (TPSA) is 69.6 Å². The van der Waals surface area contributed by atoms with E-state index in [1.165, 1.54) is 6.07 Å². The van der Waals surface area contributed by atoms with Crippen molar-refractivity contribution in [3.63, 3.8) is 0 Å². The number of aliphatic hydroxyl groups is 1. The van der Waals surface area contributed by atoms with Crippen molar-refractivity contribution < 1.29 is 19.4 Å². The Labute approximate surface area is 111 Å². The number of carbonyl (C=O) groups excluding carboxylic acids is 1. The fourth-order valence-corrected chi connectivity index (χ4v) is 2.42. The number of hydrogen-bond donors (Lipinski definition) is 3. The van der Waals surface area contributed by atoms with E-state index in [0.29, 0.717) is 12.8 Å². The van der Waals surface area contributed by atoms with Gasteiger partial charge in [0.25, 0.3) is 5.91 Å². The van der Waals surface area contributed by atoms with E-state index in [-0.39, 0.29) is 29.5 Å². The summed E-state index contributed by atoms with van der Waals surface area (Å²) in [4.78, 5) is 12.0. The second-order valence-corrected chi connectivity index (χ2v) is 5.04. The Morgan fingerprint density at radius 3 is 2.74 bits per heavy atom. The molecule has 2 rings (SSSR count). The number of aromatic hydroxyl groups is 1. The Bertz CT molecular complexity index is 472. The molecule has 3 N–H and O–H groups in total. The quantitative estimate of drug-likeness (QED) is 0.779. The molecule has 1 fully saturated rings. The predicted octanol–water partition coefficient (Wildman–Crippen LogP) is 1.81. The largest absolute Gasteiger partial charge is 0.505 e. The summed E-state index contributed by atoms with van der Waals surface area (Å²) in [6.07, 6.45) is 1.92. The summed E-state index contributed by atoms with van der Waals surface area (Å²) in [6.45, 7) is 1.97. The van der Waals surface area contributed by atoms with Gasteiger partial charge in [0.15, 0.2) is 11.6 Å². The molecule has 4 nitrogen and oxygen atoms in total. The van der Waals surface area contributed by atoms with Gasteiger partial charge in [-0.05, 0) is 43.4 Å². The smallest absolute Gasteiger partial charge is 0.251 e. The average Bonchev–Trinajstić information content (AvgIpc) is 2.35. The highest BCUT2D eigenvalue weighted by Gasteiger charge is 2.33. The summed E-state index contributed by atoms with van der Waals surface area (Å²) in [5.41, 5.74) is 0.234. The van der Waals surface area contributed by atoms with Crippen molar-refractivity contribution in [2.24, 2.45) is 5.92 Å². The standard InChI is InChI=1S/C14H18FNO3/c1-2-12(9-5-10(17)6-9)16-14(19)8-3-4-11(15)13(18)7-8/h3-4,7,9-10,12,17-18H,2,5-6H2,1H3,(H,16,19)/t9?,10?,12-/m1/s1. The first-order valence-corrected chi connectivity index (χ1v) is 6.48. The number of phenolic OH excluding ortho intramolecular Hbond substituents is 1. The Morgan fingerprint density at radius 2 is 2.21 bits per heavy atom. The van der Waals surface area contributed by atoms with Crippen LogP contribution < -0.4 is 5.32 Å². The lowest BCUT2D eigenvalue weighted by atomic mass is 9.76. The highest BCUT2D eigenvalue weighted by atomic mass is 19.1. The Hall–Kier alpha value is -1.62. The molecule has 1 aliphatic rings. The lowest BCUT2D eigenvalue weighted by molar-refractivity contribution is 0.0232. The van der Waals surface area contributed by atoms with Crippen LogP contribution >= 0.6 is 0 Å². The first-order valence-electron chi connectivity index (χ1n) is 6.48. The zero-order valence-electron chi connectivity index (χ0n) is 10.8. The third-order valence-corrected chi connectivity index (χ3v) is 3.68. The maximum atomic E-state index is 12.9. The summed E-state index contributed by atoms with van der Waals surface area (Å²) < 4.78 is 12.9. The second kappa shape index (κ2) is 5.57. The Balaban J connectivity index is 2.00. The molecule has 0 bridgehead atoms. The molecule has 0 aliphatic heterocycles. The highest BCUT2D eigenvalue weighted by Crippen LogP contribution is 2.31. The number of amides is 1. The third kappa shape index (κ3) is 3.04. The van der Waals surface area contributed by atoms with Crippen molar-refractivity contribution in [1.82, 2.24) is 5.32 Å². The van der Waals surface area contributed by atoms with Crippen molar-refractivity contribution in [1.29, 1.82) is 0 Å². The van der Waals surface area contributed by atoms with E-state index < -0.39 is 11.6 Å². The summed E-state index contributed by atoms with van der Waals surface area (Å²) in [5, 5.41) is 21.4. The minimum absolute atomic E-state index is 0.00287. The molecule has 19 heavy (non-hydrogen) atoms. The molecule has 104 valence electrons. The molecule has 1 atom stereocenters. The summed E-state index contributed by atoms with van der Waals surface area (Å²) in [5.74, 6) is -1.31. The molecule has 1 aromatic rings. The van der Waals surface area contributed by atoms with E-state index in [4.69, 9.17) is 0 Å². The number of nitrogens with one attached hydrogen (secondary N) is 1. The average molecular weight is 267 g/mol. The van der Waals surface area contributed by atoms with Crippen LogP contribution in [0.15, 0.2) is 18.2 Å². The lowest BCUT2D eigenvalue weighted by Gasteiger charge is -2.37. The number of hydrogen-bond acceptors (Lipinski definition) is 3. The van der Waals surface area contributed by atoms with Gasteiger partial charge in [0, 0.05) is 11.6 Å². The number of halogens is 1. The van der Waals surface area contributed by atoms with Crippen LogP contribution in [0.25, 0.3) is 0 Å². The summed E-state index contributed by atoms with van der Waals surface area (Å²) in [7, 11) is 0. The molecule has 0 spiro atoms. The minimum Gasteiger partial charge on any atom is -0.505 e. The van der Waals surface area contributed by atoms with Crippen LogP contribution in [0.5, 0.6) is 5.75 Å². The van der Waals surface area contributed by atoms with Gasteiger partial charge in [-0.2, -0.15) is 0 Å². The molecule has 1 aromatic carbocycles. The fourth-order valence-electron chi connectivity index (χ4n) is 2.42. The van der Waals surface area contributed by atoms with Gasteiger partial charge in [-0.15, -0.1) is 0 Å². The zero-order valence-corrected chi connectivity index (χ0v) is 10.8. The van der Waals surface area contributed by atoms with Crippen LogP contribution in [-0.4, -0.2) is 28.3 Å². The van der Waals surface area contributed by atoms with Crippen molar-refractivity contribution in [2.45, 2.75) is 38.3 Å². The van der Waals surface area contributed by atoms with Gasteiger partial charge in [0.05, 0.1) is 6.10 Å². The van der Waals surface area contributed by atoms with Gasteiger partial charge in [0.2, 0.25) is 0 Å². The number of carbonyl (C=O) groups is 1. The molecule has 0 unspecified atom stereocenters. The molecule has 0 saturated heterocycles. The van der Waals surface area contributed by atoms with Crippen molar-refractivity contribution >= 4 is 5.91 Å². The van der Waals surface area contributed by atoms with Crippen molar-refractivity contribution in [3.05, 3.63) is 29.6 Å². The minimum atomic E-state index is -0.745. The lowest BCUT2D eigenvalue weighted by Crippen LogP contribution is -2.46. The van der Waals surface area contributed by atoms with Gasteiger partial charge in [-0.25, -0.2) is 4.39 Å². The third-order valence-electron chi connectivity index (χ3n) is 3.68. The number of aliphatic hydroxyl groups excluding tert-OH is 1. The maximum Gasteiger partial charge on any atom is 0.251 e. The van der Waals surface area contributed by atoms with Gasteiger partial charge in [0.1, 0.15) is 0 Å². The highest BCUT2D eigenvalue weighted by molar-refractivity contribution is 5.94. The normalized spacial score (nSPS) is 23.5. The molecule has 1 amide bonds. The molecule has 5 heteroatoms. The summed E-state index contributed by atoms with van der Waals surface area (Å²) in [6, 6.07) is 3.53. The van der Waals surface area contributed by atoms with E-state index in [1.807, 2.05) is 6.92 Å². The van der Waals surface area contributed by atoms with E-state index in [1.54, 1.807) is 0 Å². The molecular formula is C14H18FNO3. The second-order valence-electron chi connectivity index (χ2n) is 5.04. The van der Waals surface area contributed by atoms with Gasteiger partial charge in [-0.3, -0.25) is 4.79 Å². The van der Waals surface area contributed by atoms with Crippen LogP contribution in [-0.2, 0) is 0 Å². The van der Waals surface area contributed by atoms with Crippen LogP contribution in [0.2, 0.25) is 0 Å². The van der Waals surface area contributed by atoms with Gasteiger partial charge in [-0.1, -0.05) is 6.92 Å². The molecule has 0 heterocycles. The first-order chi connectivity index (χ1) is 9.01. The molecule has 1 saturated carbocycles. The summed E-state index contributed by atoms with van der Waals surface area (Å²) >= 11 is 0. The Morgan fingerprint density at radius 1 is 1.53 bits per heavy atom. The van der Waals surface area contributed by atoms with Crippen LogP contribution in [0, 0.1) is 11.7 Å². The van der Waals surface area contributed by atoms with Crippen LogP contribution in [0.1, 0.15) is 36.5 Å². The van der Waals surface area contributed by atoms with Gasteiger partial charge < -0.3 is 15.5 Å². The van der Waals surface area contributed by atoms with E-state index in [9.17, 15) is 19.4 Å². The molecular weight excluding hydrogens is 249 g/mol. The van der Waals surface area contributed by atoms with Crippen LogP contribution in [0.4, 0.5) is 4.39 Å². The number of benzene rings is 1. The van der Waals surface area contributed by atoms with E-state index >= 15 is 0 Å². The maximum absolute atomic E-state index is 12.9. The monoisotopic (exact) mass is 267 g/mol. The number of rotatable bonds is 4. The predicted molar refractivity (Wildman–Crippen MR) is 68.3 cm³/mol. The fraction of sp³-hybridized carbons (Fsp3) is 0.500. The molecule has 0 radical (unpaired) electrons. The molecule has 0 aromatic heterocycles. The Kier molecular flexibility index (Phi) is 4.04.